The molecule has 0 aromatic rings. The second-order valence-electron chi connectivity index (χ2n) is 4.60. The third-order valence-corrected chi connectivity index (χ3v) is 3.47. The fourth-order valence-corrected chi connectivity index (χ4v) is 2.37. The van der Waals surface area contributed by atoms with Crippen molar-refractivity contribution in [2.45, 2.75) is 43.5 Å². The average molecular weight is 248 g/mol. The lowest BCUT2D eigenvalue weighted by Crippen LogP contribution is -2.50. The van der Waals surface area contributed by atoms with E-state index in [2.05, 4.69) is 0 Å². The summed E-state index contributed by atoms with van der Waals surface area (Å²) in [6.45, 7) is 1.13. The molecule has 2 aliphatic rings. The van der Waals surface area contributed by atoms with E-state index in [0.717, 1.165) is 0 Å². The molecule has 0 amide bonds. The van der Waals surface area contributed by atoms with Crippen molar-refractivity contribution in [2.24, 2.45) is 5.92 Å². The quantitative estimate of drug-likeness (QED) is 0.470. The van der Waals surface area contributed by atoms with Gasteiger partial charge in [0.15, 0.2) is 0 Å². The number of carboxylic acid groups (broad SMARTS) is 1. The number of carboxylic acids is 1. The number of rotatable bonds is 3. The molecular weight excluding hydrogens is 232 g/mol. The first-order valence-corrected chi connectivity index (χ1v) is 5.47. The van der Waals surface area contributed by atoms with Crippen molar-refractivity contribution in [2.75, 3.05) is 6.61 Å². The van der Waals surface area contributed by atoms with Crippen LogP contribution in [-0.2, 0) is 14.3 Å². The Morgan fingerprint density at radius 2 is 2.18 bits per heavy atom. The minimum absolute atomic E-state index is 0.186. The molecule has 17 heavy (non-hydrogen) atoms. The number of aliphatic hydroxyl groups excluding tert-OH is 3. The normalized spacial score (nSPS) is 46.8. The Morgan fingerprint density at radius 1 is 1.53 bits per heavy atom. The zero-order chi connectivity index (χ0) is 12.8. The molecule has 98 valence electrons. The number of fused-ring (bicyclic) bond motifs is 2. The first-order chi connectivity index (χ1) is 7.91. The van der Waals surface area contributed by atoms with Gasteiger partial charge in [-0.2, -0.15) is 0 Å². The summed E-state index contributed by atoms with van der Waals surface area (Å²) in [4.78, 5) is 11.1. The summed E-state index contributed by atoms with van der Waals surface area (Å²) >= 11 is 0. The molecule has 7 heteroatoms. The number of hydrogen-bond donors (Lipinski definition) is 4. The van der Waals surface area contributed by atoms with Crippen molar-refractivity contribution in [3.8, 4) is 0 Å². The second-order valence-corrected chi connectivity index (χ2v) is 4.60. The van der Waals surface area contributed by atoms with Crippen molar-refractivity contribution in [1.82, 2.24) is 0 Å². The van der Waals surface area contributed by atoms with E-state index in [4.69, 9.17) is 19.7 Å². The van der Waals surface area contributed by atoms with Gasteiger partial charge in [-0.05, 0) is 0 Å². The molecule has 0 saturated carbocycles. The molecule has 2 bridgehead atoms. The molecule has 0 spiro atoms. The number of carbonyl (C=O) groups is 1. The van der Waals surface area contributed by atoms with Crippen LogP contribution in [0.2, 0.25) is 0 Å². The summed E-state index contributed by atoms with van der Waals surface area (Å²) in [6.07, 6.45) is -3.97. The highest BCUT2D eigenvalue weighted by Crippen LogP contribution is 2.44. The summed E-state index contributed by atoms with van der Waals surface area (Å²) in [5.74, 6) is -3.60. The van der Waals surface area contributed by atoms with E-state index >= 15 is 0 Å². The van der Waals surface area contributed by atoms with E-state index in [9.17, 15) is 15.0 Å². The highest BCUT2D eigenvalue weighted by Gasteiger charge is 2.61. The van der Waals surface area contributed by atoms with Crippen LogP contribution >= 0.6 is 0 Å². The second kappa shape index (κ2) is 4.18. The summed E-state index contributed by atoms with van der Waals surface area (Å²) in [6, 6.07) is 0. The van der Waals surface area contributed by atoms with E-state index in [1.807, 2.05) is 0 Å². The van der Waals surface area contributed by atoms with E-state index < -0.39 is 42.8 Å². The van der Waals surface area contributed by atoms with Crippen LogP contribution < -0.4 is 0 Å². The molecule has 0 radical (unpaired) electrons. The van der Waals surface area contributed by atoms with Crippen molar-refractivity contribution < 1.29 is 34.7 Å². The Hall–Kier alpha value is -0.730. The number of hydrogen-bond acceptors (Lipinski definition) is 6. The van der Waals surface area contributed by atoms with Gasteiger partial charge in [-0.15, -0.1) is 0 Å². The molecule has 0 aliphatic carbocycles. The minimum atomic E-state index is -1.91. The van der Waals surface area contributed by atoms with E-state index in [-0.39, 0.29) is 12.3 Å². The van der Waals surface area contributed by atoms with E-state index in [0.29, 0.717) is 0 Å². The van der Waals surface area contributed by atoms with Gasteiger partial charge >= 0.3 is 5.97 Å². The molecule has 2 rings (SSSR count). The maximum absolute atomic E-state index is 11.1. The molecular formula is C10H16O7. The summed E-state index contributed by atoms with van der Waals surface area (Å²) in [5, 5.41) is 37.3. The average Bonchev–Trinajstić information content (AvgIpc) is 2.63. The highest BCUT2D eigenvalue weighted by atomic mass is 16.8. The van der Waals surface area contributed by atoms with Gasteiger partial charge in [-0.1, -0.05) is 6.92 Å². The molecule has 7 nitrogen and oxygen atoms in total. The first-order valence-electron chi connectivity index (χ1n) is 5.47. The van der Waals surface area contributed by atoms with Gasteiger partial charge in [-0.25, -0.2) is 4.79 Å². The minimum Gasteiger partial charge on any atom is -0.477 e. The molecule has 2 fully saturated rings. The SMILES string of the molecule is C[C@H]1C2O[C@@](C(=O)O)(C[C@H]1O)OC2[C@H](O)CO. The standard InChI is InChI=1S/C10H16O7/c1-4-5(12)2-10(9(14)15)16-7(4)8(17-10)6(13)3-11/h4-8,11-13H,2-3H2,1H3,(H,14,15)/t4-,5-,6-,7?,8?,10+/m1/s1. The maximum Gasteiger partial charge on any atom is 0.364 e. The highest BCUT2D eigenvalue weighted by molar-refractivity contribution is 5.76. The predicted octanol–water partition coefficient (Wildman–Crippen LogP) is -1.69. The number of ether oxygens (including phenoxy) is 2. The fraction of sp³-hybridized carbons (Fsp3) is 0.900. The molecule has 2 unspecified atom stereocenters. The molecule has 0 aromatic heterocycles. The Labute approximate surface area is 97.6 Å². The maximum atomic E-state index is 11.1. The molecule has 2 saturated heterocycles. The van der Waals surface area contributed by atoms with Crippen molar-refractivity contribution in [3.63, 3.8) is 0 Å². The van der Waals surface area contributed by atoms with Crippen LogP contribution in [-0.4, -0.2) is 63.2 Å². The molecule has 2 aliphatic heterocycles. The molecule has 4 N–H and O–H groups in total. The van der Waals surface area contributed by atoms with Gasteiger partial charge in [0.1, 0.15) is 12.2 Å². The Morgan fingerprint density at radius 3 is 2.71 bits per heavy atom. The van der Waals surface area contributed by atoms with Crippen LogP contribution in [0.3, 0.4) is 0 Å². The number of aliphatic carboxylic acids is 1. The molecule has 6 atom stereocenters. The van der Waals surface area contributed by atoms with Gasteiger partial charge in [0.05, 0.1) is 18.8 Å². The summed E-state index contributed by atoms with van der Waals surface area (Å²) < 4.78 is 10.5. The number of aliphatic hydroxyl groups is 3. The fourth-order valence-electron chi connectivity index (χ4n) is 2.37. The van der Waals surface area contributed by atoms with Gasteiger partial charge in [0.2, 0.25) is 0 Å². The smallest absolute Gasteiger partial charge is 0.364 e. The Bertz CT molecular complexity index is 320. The Kier molecular flexibility index (Phi) is 3.13. The lowest BCUT2D eigenvalue weighted by Gasteiger charge is -2.35. The zero-order valence-electron chi connectivity index (χ0n) is 9.31. The first kappa shape index (κ1) is 12.7. The van der Waals surface area contributed by atoms with E-state index in [1.54, 1.807) is 6.92 Å². The van der Waals surface area contributed by atoms with Crippen LogP contribution in [0.1, 0.15) is 13.3 Å². The van der Waals surface area contributed by atoms with Crippen LogP contribution in [0.5, 0.6) is 0 Å². The summed E-state index contributed by atoms with van der Waals surface area (Å²) in [5.41, 5.74) is 0. The topological polar surface area (TPSA) is 116 Å². The van der Waals surface area contributed by atoms with Crippen molar-refractivity contribution in [1.29, 1.82) is 0 Å². The monoisotopic (exact) mass is 248 g/mol. The lowest BCUT2D eigenvalue weighted by molar-refractivity contribution is -0.237. The third-order valence-electron chi connectivity index (χ3n) is 3.47. The lowest BCUT2D eigenvalue weighted by atomic mass is 9.87. The van der Waals surface area contributed by atoms with Gasteiger partial charge < -0.3 is 29.9 Å². The van der Waals surface area contributed by atoms with Gasteiger partial charge in [0.25, 0.3) is 5.79 Å². The van der Waals surface area contributed by atoms with Gasteiger partial charge in [-0.3, -0.25) is 0 Å². The largest absolute Gasteiger partial charge is 0.477 e. The Balaban J connectivity index is 2.28. The van der Waals surface area contributed by atoms with Gasteiger partial charge in [0, 0.05) is 12.3 Å². The predicted molar refractivity (Wildman–Crippen MR) is 53.0 cm³/mol. The van der Waals surface area contributed by atoms with Crippen LogP contribution in [0, 0.1) is 5.92 Å². The van der Waals surface area contributed by atoms with E-state index in [1.165, 1.54) is 0 Å². The van der Waals surface area contributed by atoms with Crippen molar-refractivity contribution >= 4 is 5.97 Å². The van der Waals surface area contributed by atoms with Crippen LogP contribution in [0.15, 0.2) is 0 Å². The third kappa shape index (κ3) is 1.84. The van der Waals surface area contributed by atoms with Crippen LogP contribution in [0.4, 0.5) is 0 Å². The molecule has 2 heterocycles. The van der Waals surface area contributed by atoms with Crippen molar-refractivity contribution in [3.05, 3.63) is 0 Å². The van der Waals surface area contributed by atoms with Crippen LogP contribution in [0.25, 0.3) is 0 Å². The summed E-state index contributed by atoms with van der Waals surface area (Å²) in [7, 11) is 0. The molecule has 0 aromatic carbocycles. The zero-order valence-corrected chi connectivity index (χ0v) is 9.31.